The van der Waals surface area contributed by atoms with Crippen LogP contribution in [0.3, 0.4) is 0 Å². The predicted octanol–water partition coefficient (Wildman–Crippen LogP) is 2.66. The van der Waals surface area contributed by atoms with Crippen molar-refractivity contribution in [1.29, 1.82) is 0 Å². The largest absolute Gasteiger partial charge is 0.479 e. The molecule has 1 atom stereocenters. The van der Waals surface area contributed by atoms with Gasteiger partial charge in [-0.3, -0.25) is 0 Å². The van der Waals surface area contributed by atoms with Crippen molar-refractivity contribution in [2.24, 2.45) is 7.05 Å². The predicted molar refractivity (Wildman–Crippen MR) is 74.8 cm³/mol. The fraction of sp³-hybridized carbons (Fsp3) is 0.231. The maximum Gasteiger partial charge on any atom is 0.267 e. The van der Waals surface area contributed by atoms with E-state index >= 15 is 0 Å². The maximum atomic E-state index is 5.72. The zero-order valence-corrected chi connectivity index (χ0v) is 12.2. The molecule has 21 heavy (non-hydrogen) atoms. The Kier molecular flexibility index (Phi) is 3.57. The van der Waals surface area contributed by atoms with E-state index in [1.165, 1.54) is 6.20 Å². The van der Waals surface area contributed by atoms with Crippen LogP contribution in [0.15, 0.2) is 35.4 Å². The fourth-order valence-corrected chi connectivity index (χ4v) is 1.88. The Morgan fingerprint density at radius 3 is 2.86 bits per heavy atom. The Hall–Kier alpha value is -2.41. The van der Waals surface area contributed by atoms with Crippen molar-refractivity contribution in [3.8, 4) is 17.3 Å². The van der Waals surface area contributed by atoms with E-state index < -0.39 is 6.10 Å². The summed E-state index contributed by atoms with van der Waals surface area (Å²) in [5, 5.41) is 4.34. The summed E-state index contributed by atoms with van der Waals surface area (Å²) in [5.41, 5.74) is 0.769. The number of rotatable bonds is 4. The van der Waals surface area contributed by atoms with Gasteiger partial charge in [0.1, 0.15) is 16.6 Å². The minimum atomic E-state index is -0.401. The minimum absolute atomic E-state index is 0.376. The van der Waals surface area contributed by atoms with Gasteiger partial charge in [0.25, 0.3) is 5.89 Å². The number of aryl methyl sites for hydroxylation is 1. The van der Waals surface area contributed by atoms with Gasteiger partial charge in [0.15, 0.2) is 6.10 Å². The summed E-state index contributed by atoms with van der Waals surface area (Å²) in [5.74, 6) is 1.42. The van der Waals surface area contributed by atoms with E-state index in [9.17, 15) is 0 Å². The molecule has 0 aliphatic heterocycles. The van der Waals surface area contributed by atoms with Crippen LogP contribution >= 0.6 is 11.6 Å². The Balaban J connectivity index is 1.76. The van der Waals surface area contributed by atoms with Crippen LogP contribution in [0.25, 0.3) is 11.5 Å². The van der Waals surface area contributed by atoms with Crippen molar-refractivity contribution in [1.82, 2.24) is 24.7 Å². The highest BCUT2D eigenvalue weighted by Gasteiger charge is 2.18. The van der Waals surface area contributed by atoms with Crippen molar-refractivity contribution < 1.29 is 9.26 Å². The van der Waals surface area contributed by atoms with E-state index in [4.69, 9.17) is 20.9 Å². The van der Waals surface area contributed by atoms with Crippen LogP contribution < -0.4 is 4.74 Å². The molecule has 0 N–H and O–H groups in total. The number of pyridine rings is 1. The lowest BCUT2D eigenvalue weighted by Crippen LogP contribution is -2.03. The molecule has 0 aliphatic rings. The molecule has 0 spiro atoms. The van der Waals surface area contributed by atoms with Crippen LogP contribution in [-0.4, -0.2) is 24.7 Å². The average Bonchev–Trinajstić information content (AvgIpc) is 3.09. The second-order valence-corrected chi connectivity index (χ2v) is 4.81. The molecule has 7 nitrogen and oxygen atoms in total. The van der Waals surface area contributed by atoms with Crippen LogP contribution in [0, 0.1) is 0 Å². The van der Waals surface area contributed by atoms with Gasteiger partial charge in [-0.25, -0.2) is 9.97 Å². The van der Waals surface area contributed by atoms with Gasteiger partial charge in [0.2, 0.25) is 5.82 Å². The number of hydrogen-bond acceptors (Lipinski definition) is 6. The summed E-state index contributed by atoms with van der Waals surface area (Å²) in [6.07, 6.45) is 4.48. The molecule has 0 aliphatic carbocycles. The molecule has 3 aromatic rings. The minimum Gasteiger partial charge on any atom is -0.479 e. The molecule has 0 fully saturated rings. The Bertz CT molecular complexity index is 737. The highest BCUT2D eigenvalue weighted by Crippen LogP contribution is 2.23. The average molecular weight is 306 g/mol. The van der Waals surface area contributed by atoms with Crippen molar-refractivity contribution in [2.45, 2.75) is 13.0 Å². The fourth-order valence-electron chi connectivity index (χ4n) is 1.76. The molecule has 0 saturated carbocycles. The van der Waals surface area contributed by atoms with Crippen molar-refractivity contribution >= 4 is 11.6 Å². The summed E-state index contributed by atoms with van der Waals surface area (Å²) in [7, 11) is 1.86. The molecule has 0 amide bonds. The molecule has 3 aromatic heterocycles. The summed E-state index contributed by atoms with van der Waals surface area (Å²) in [4.78, 5) is 12.3. The lowest BCUT2D eigenvalue weighted by atomic mass is 10.4. The first kappa shape index (κ1) is 13.6. The number of ether oxygens (including phenoxy) is 1. The third-order valence-corrected chi connectivity index (χ3v) is 3.07. The van der Waals surface area contributed by atoms with E-state index in [-0.39, 0.29) is 0 Å². The molecule has 3 rings (SSSR count). The summed E-state index contributed by atoms with van der Waals surface area (Å²) in [6.45, 7) is 1.81. The number of halogens is 1. The summed E-state index contributed by atoms with van der Waals surface area (Å²) < 4.78 is 12.7. The van der Waals surface area contributed by atoms with Crippen LogP contribution in [-0.2, 0) is 7.05 Å². The molecule has 3 heterocycles. The zero-order chi connectivity index (χ0) is 14.8. The van der Waals surface area contributed by atoms with E-state index in [1.54, 1.807) is 24.7 Å². The summed E-state index contributed by atoms with van der Waals surface area (Å²) >= 11 is 5.72. The van der Waals surface area contributed by atoms with E-state index in [2.05, 4.69) is 20.1 Å². The van der Waals surface area contributed by atoms with Gasteiger partial charge in [-0.2, -0.15) is 4.98 Å². The highest BCUT2D eigenvalue weighted by molar-refractivity contribution is 6.29. The topological polar surface area (TPSA) is 78.9 Å². The van der Waals surface area contributed by atoms with Gasteiger partial charge >= 0.3 is 0 Å². The Labute approximate surface area is 125 Å². The van der Waals surface area contributed by atoms with Gasteiger partial charge < -0.3 is 13.8 Å². The Morgan fingerprint density at radius 2 is 2.19 bits per heavy atom. The van der Waals surface area contributed by atoms with Gasteiger partial charge in [0.05, 0.1) is 18.7 Å². The maximum absolute atomic E-state index is 5.72. The number of hydrogen-bond donors (Lipinski definition) is 0. The lowest BCUT2D eigenvalue weighted by Gasteiger charge is -2.09. The van der Waals surface area contributed by atoms with Crippen molar-refractivity contribution in [3.63, 3.8) is 0 Å². The smallest absolute Gasteiger partial charge is 0.267 e. The summed E-state index contributed by atoms with van der Waals surface area (Å²) in [6, 6.07) is 3.38. The van der Waals surface area contributed by atoms with Crippen LogP contribution in [0.4, 0.5) is 0 Å². The van der Waals surface area contributed by atoms with Gasteiger partial charge in [-0.05, 0) is 19.1 Å². The molecule has 0 saturated heterocycles. The van der Waals surface area contributed by atoms with Crippen molar-refractivity contribution in [2.75, 3.05) is 0 Å². The standard InChI is InChI=1S/C13H12ClN5O2/c1-8(20-9-3-4-11(14)16-5-9)13-17-12(18-21-13)10-6-15-7-19(10)2/h3-8H,1-2H3/t8-/m0/s1. The molecular formula is C13H12ClN5O2. The van der Waals surface area contributed by atoms with Crippen LogP contribution in [0.2, 0.25) is 5.15 Å². The van der Waals surface area contributed by atoms with Gasteiger partial charge in [-0.15, -0.1) is 0 Å². The third-order valence-electron chi connectivity index (χ3n) is 2.85. The zero-order valence-electron chi connectivity index (χ0n) is 11.4. The molecule has 8 heteroatoms. The highest BCUT2D eigenvalue weighted by atomic mass is 35.5. The van der Waals surface area contributed by atoms with E-state index in [1.807, 2.05) is 18.5 Å². The first-order valence-electron chi connectivity index (χ1n) is 6.22. The first-order chi connectivity index (χ1) is 10.1. The Morgan fingerprint density at radius 1 is 1.33 bits per heavy atom. The van der Waals surface area contributed by atoms with Crippen LogP contribution in [0.5, 0.6) is 5.75 Å². The second-order valence-electron chi connectivity index (χ2n) is 4.42. The molecule has 0 aromatic carbocycles. The number of aromatic nitrogens is 5. The monoisotopic (exact) mass is 305 g/mol. The molecule has 0 unspecified atom stereocenters. The van der Waals surface area contributed by atoms with Crippen LogP contribution in [0.1, 0.15) is 18.9 Å². The third kappa shape index (κ3) is 2.87. The van der Waals surface area contributed by atoms with Gasteiger partial charge in [0, 0.05) is 7.05 Å². The lowest BCUT2D eigenvalue weighted by molar-refractivity contribution is 0.175. The number of imidazole rings is 1. The molecule has 0 radical (unpaired) electrons. The normalized spacial score (nSPS) is 12.3. The molecule has 108 valence electrons. The van der Waals surface area contributed by atoms with E-state index in [0.717, 1.165) is 5.69 Å². The quantitative estimate of drug-likeness (QED) is 0.689. The van der Waals surface area contributed by atoms with Gasteiger partial charge in [-0.1, -0.05) is 16.8 Å². The molecule has 0 bridgehead atoms. The van der Waals surface area contributed by atoms with E-state index in [0.29, 0.717) is 22.6 Å². The second kappa shape index (κ2) is 5.53. The number of nitrogens with zero attached hydrogens (tertiary/aromatic N) is 5. The SMILES string of the molecule is C[C@H](Oc1ccc(Cl)nc1)c1nc(-c2cncn2C)no1. The van der Waals surface area contributed by atoms with Crippen molar-refractivity contribution in [3.05, 3.63) is 41.9 Å². The molecular weight excluding hydrogens is 294 g/mol. The first-order valence-corrected chi connectivity index (χ1v) is 6.60.